The second kappa shape index (κ2) is 7.58. The van der Waals surface area contributed by atoms with E-state index >= 15 is 0 Å². The van der Waals surface area contributed by atoms with Crippen LogP contribution in [0.25, 0.3) is 10.9 Å². The topological polar surface area (TPSA) is 61.5 Å². The Morgan fingerprint density at radius 1 is 1.15 bits per heavy atom. The molecule has 0 saturated carbocycles. The number of aromatic amines is 1. The van der Waals surface area contributed by atoms with Crippen LogP contribution in [-0.2, 0) is 6.54 Å². The smallest absolute Gasteiger partial charge is 0.258 e. The molecule has 0 bridgehead atoms. The molecule has 1 aliphatic rings. The van der Waals surface area contributed by atoms with Gasteiger partial charge in [-0.05, 0) is 30.3 Å². The standard InChI is InChI=1S/C20H21ClN4O2/c1-27-16-4-2-3-15(12-16)25-9-7-24(8-10-25)13-19-22-18-11-14(21)5-6-17(18)20(26)23-19/h2-6,11-12H,7-10,13H2,1H3,(H,22,23,26). The summed E-state index contributed by atoms with van der Waals surface area (Å²) in [4.78, 5) is 24.4. The van der Waals surface area contributed by atoms with Gasteiger partial charge in [-0.25, -0.2) is 4.98 Å². The van der Waals surface area contributed by atoms with Crippen LogP contribution in [0.1, 0.15) is 5.82 Å². The van der Waals surface area contributed by atoms with E-state index in [9.17, 15) is 4.79 Å². The Kier molecular flexibility index (Phi) is 5.01. The van der Waals surface area contributed by atoms with Crippen LogP contribution in [0, 0.1) is 0 Å². The van der Waals surface area contributed by atoms with Crippen LogP contribution in [-0.4, -0.2) is 48.2 Å². The van der Waals surface area contributed by atoms with Crippen molar-refractivity contribution in [3.05, 3.63) is 63.7 Å². The van der Waals surface area contributed by atoms with Crippen LogP contribution < -0.4 is 15.2 Å². The number of methoxy groups -OCH3 is 1. The van der Waals surface area contributed by atoms with Gasteiger partial charge in [-0.1, -0.05) is 17.7 Å². The Labute approximate surface area is 162 Å². The van der Waals surface area contributed by atoms with Gasteiger partial charge in [-0.15, -0.1) is 0 Å². The van der Waals surface area contributed by atoms with Crippen molar-refractivity contribution in [1.29, 1.82) is 0 Å². The maximum Gasteiger partial charge on any atom is 0.258 e. The fourth-order valence-corrected chi connectivity index (χ4v) is 3.59. The van der Waals surface area contributed by atoms with Crippen molar-refractivity contribution in [2.45, 2.75) is 6.54 Å². The predicted octanol–water partition coefficient (Wildman–Crippen LogP) is 2.91. The first kappa shape index (κ1) is 17.8. The molecule has 1 aromatic heterocycles. The molecule has 1 fully saturated rings. The second-order valence-corrected chi connectivity index (χ2v) is 7.08. The summed E-state index contributed by atoms with van der Waals surface area (Å²) in [5.74, 6) is 1.54. The fourth-order valence-electron chi connectivity index (χ4n) is 3.42. The van der Waals surface area contributed by atoms with E-state index < -0.39 is 0 Å². The van der Waals surface area contributed by atoms with Crippen molar-refractivity contribution < 1.29 is 4.74 Å². The molecule has 0 spiro atoms. The summed E-state index contributed by atoms with van der Waals surface area (Å²) in [5.41, 5.74) is 1.68. The molecule has 0 unspecified atom stereocenters. The highest BCUT2D eigenvalue weighted by molar-refractivity contribution is 6.31. The minimum atomic E-state index is -0.123. The van der Waals surface area contributed by atoms with Gasteiger partial charge in [-0.3, -0.25) is 9.69 Å². The summed E-state index contributed by atoms with van der Waals surface area (Å²) >= 11 is 6.03. The Balaban J connectivity index is 1.44. The van der Waals surface area contributed by atoms with E-state index in [1.165, 1.54) is 5.69 Å². The molecule has 3 aromatic rings. The van der Waals surface area contributed by atoms with E-state index in [2.05, 4.69) is 31.9 Å². The molecule has 0 atom stereocenters. The van der Waals surface area contributed by atoms with Gasteiger partial charge in [0.25, 0.3) is 5.56 Å². The summed E-state index contributed by atoms with van der Waals surface area (Å²) in [6, 6.07) is 13.3. The number of rotatable bonds is 4. The normalized spacial score (nSPS) is 15.3. The number of hydrogen-bond acceptors (Lipinski definition) is 5. The van der Waals surface area contributed by atoms with Gasteiger partial charge in [0.1, 0.15) is 11.6 Å². The summed E-state index contributed by atoms with van der Waals surface area (Å²) in [7, 11) is 1.68. The lowest BCUT2D eigenvalue weighted by Crippen LogP contribution is -2.46. The first-order valence-electron chi connectivity index (χ1n) is 8.92. The van der Waals surface area contributed by atoms with E-state index in [0.29, 0.717) is 28.3 Å². The van der Waals surface area contributed by atoms with Crippen LogP contribution in [0.4, 0.5) is 5.69 Å². The number of benzene rings is 2. The number of anilines is 1. The third-order valence-corrected chi connectivity index (χ3v) is 5.12. The van der Waals surface area contributed by atoms with Crippen LogP contribution in [0.2, 0.25) is 5.02 Å². The highest BCUT2D eigenvalue weighted by Crippen LogP contribution is 2.22. The lowest BCUT2D eigenvalue weighted by atomic mass is 10.2. The molecule has 1 N–H and O–H groups in total. The summed E-state index contributed by atoms with van der Waals surface area (Å²) in [5, 5.41) is 1.14. The summed E-state index contributed by atoms with van der Waals surface area (Å²) in [6.07, 6.45) is 0. The van der Waals surface area contributed by atoms with E-state index in [-0.39, 0.29) is 5.56 Å². The van der Waals surface area contributed by atoms with Crippen LogP contribution >= 0.6 is 11.6 Å². The van der Waals surface area contributed by atoms with Gasteiger partial charge in [0, 0.05) is 43.0 Å². The zero-order valence-corrected chi connectivity index (χ0v) is 15.9. The minimum absolute atomic E-state index is 0.123. The van der Waals surface area contributed by atoms with Gasteiger partial charge in [0.2, 0.25) is 0 Å². The second-order valence-electron chi connectivity index (χ2n) is 6.64. The molecule has 0 aliphatic carbocycles. The van der Waals surface area contributed by atoms with Crippen molar-refractivity contribution in [2.24, 2.45) is 0 Å². The first-order chi connectivity index (χ1) is 13.1. The lowest BCUT2D eigenvalue weighted by molar-refractivity contribution is 0.244. The largest absolute Gasteiger partial charge is 0.497 e. The Morgan fingerprint density at radius 3 is 2.74 bits per heavy atom. The monoisotopic (exact) mass is 384 g/mol. The molecule has 27 heavy (non-hydrogen) atoms. The average Bonchev–Trinajstić information content (AvgIpc) is 2.68. The predicted molar refractivity (Wildman–Crippen MR) is 108 cm³/mol. The van der Waals surface area contributed by atoms with Crippen molar-refractivity contribution in [3.8, 4) is 5.75 Å². The number of nitrogens with one attached hydrogen (secondary N) is 1. The molecule has 140 valence electrons. The van der Waals surface area contributed by atoms with E-state index in [0.717, 1.165) is 31.9 Å². The van der Waals surface area contributed by atoms with Crippen LogP contribution in [0.3, 0.4) is 0 Å². The number of H-pyrrole nitrogens is 1. The Morgan fingerprint density at radius 2 is 1.96 bits per heavy atom. The first-order valence-corrected chi connectivity index (χ1v) is 9.30. The number of fused-ring (bicyclic) bond motifs is 1. The zero-order valence-electron chi connectivity index (χ0n) is 15.1. The van der Waals surface area contributed by atoms with Gasteiger partial charge in [0.05, 0.1) is 24.6 Å². The fraction of sp³-hybridized carbons (Fsp3) is 0.300. The van der Waals surface area contributed by atoms with E-state index in [4.69, 9.17) is 16.3 Å². The summed E-state index contributed by atoms with van der Waals surface area (Å²) in [6.45, 7) is 4.24. The quantitative estimate of drug-likeness (QED) is 0.749. The third-order valence-electron chi connectivity index (χ3n) is 4.88. The third kappa shape index (κ3) is 3.91. The Bertz CT molecular complexity index is 1010. The number of hydrogen-bond donors (Lipinski definition) is 1. The Hall–Kier alpha value is -2.57. The maximum atomic E-state index is 12.3. The van der Waals surface area contributed by atoms with Gasteiger partial charge in [-0.2, -0.15) is 0 Å². The number of piperazine rings is 1. The van der Waals surface area contributed by atoms with Gasteiger partial charge < -0.3 is 14.6 Å². The zero-order chi connectivity index (χ0) is 18.8. The molecule has 7 heteroatoms. The molecular formula is C20H21ClN4O2. The number of nitrogens with zero attached hydrogens (tertiary/aromatic N) is 3. The maximum absolute atomic E-state index is 12.3. The molecular weight excluding hydrogens is 364 g/mol. The highest BCUT2D eigenvalue weighted by Gasteiger charge is 2.18. The van der Waals surface area contributed by atoms with Crippen LogP contribution in [0.15, 0.2) is 47.3 Å². The SMILES string of the molecule is COc1cccc(N2CCN(Cc3nc4cc(Cl)ccc4c(=O)[nH]3)CC2)c1. The molecule has 0 radical (unpaired) electrons. The van der Waals surface area contributed by atoms with E-state index in [1.807, 2.05) is 12.1 Å². The molecule has 2 aromatic carbocycles. The molecule has 0 amide bonds. The molecule has 4 rings (SSSR count). The molecule has 2 heterocycles. The summed E-state index contributed by atoms with van der Waals surface area (Å²) < 4.78 is 5.31. The molecule has 1 aliphatic heterocycles. The van der Waals surface area contributed by atoms with Crippen LogP contribution in [0.5, 0.6) is 5.75 Å². The molecule has 1 saturated heterocycles. The van der Waals surface area contributed by atoms with Crippen molar-refractivity contribution in [3.63, 3.8) is 0 Å². The van der Waals surface area contributed by atoms with E-state index in [1.54, 1.807) is 25.3 Å². The number of halogens is 1. The van der Waals surface area contributed by atoms with Crippen molar-refractivity contribution in [1.82, 2.24) is 14.9 Å². The lowest BCUT2D eigenvalue weighted by Gasteiger charge is -2.35. The highest BCUT2D eigenvalue weighted by atomic mass is 35.5. The minimum Gasteiger partial charge on any atom is -0.497 e. The molecule has 6 nitrogen and oxygen atoms in total. The number of ether oxygens (including phenoxy) is 1. The van der Waals surface area contributed by atoms with Gasteiger partial charge in [0.15, 0.2) is 0 Å². The number of aromatic nitrogens is 2. The van der Waals surface area contributed by atoms with Gasteiger partial charge >= 0.3 is 0 Å². The van der Waals surface area contributed by atoms with Crippen molar-refractivity contribution in [2.75, 3.05) is 38.2 Å². The average molecular weight is 385 g/mol. The van der Waals surface area contributed by atoms with Crippen molar-refractivity contribution >= 4 is 28.2 Å².